The number of carbonyl (C=O) groups is 2. The highest BCUT2D eigenvalue weighted by Gasteiger charge is 2.17. The second-order valence-electron chi connectivity index (χ2n) is 6.08. The van der Waals surface area contributed by atoms with Crippen LogP contribution in [-0.4, -0.2) is 41.8 Å². The summed E-state index contributed by atoms with van der Waals surface area (Å²) >= 11 is 1.44. The summed E-state index contributed by atoms with van der Waals surface area (Å²) < 4.78 is 6.02. The fourth-order valence-corrected chi connectivity index (χ4v) is 3.91. The molecule has 2 aromatic heterocycles. The van der Waals surface area contributed by atoms with Gasteiger partial charge in [0.1, 0.15) is 11.4 Å². The standard InChI is InChI=1S/C19H20N4O4S/c1-12-15-17(28-16(12)13-6-4-3-5-7-13)21-11-23(18(15)25)10-14(24)22-19(26)20-8-9-27-2/h3-7,11H,8-10H2,1-2H3,(H2,20,22,24,26). The number of rotatable bonds is 6. The number of aromatic nitrogens is 2. The highest BCUT2D eigenvalue weighted by Crippen LogP contribution is 2.35. The molecule has 0 aliphatic rings. The van der Waals surface area contributed by atoms with Gasteiger partial charge < -0.3 is 10.1 Å². The summed E-state index contributed by atoms with van der Waals surface area (Å²) in [5, 5.41) is 5.15. The van der Waals surface area contributed by atoms with Crippen LogP contribution in [0.3, 0.4) is 0 Å². The maximum Gasteiger partial charge on any atom is 0.321 e. The van der Waals surface area contributed by atoms with Crippen LogP contribution >= 0.6 is 11.3 Å². The molecule has 2 heterocycles. The number of methoxy groups -OCH3 is 1. The number of ether oxygens (including phenoxy) is 1. The first-order valence-electron chi connectivity index (χ1n) is 8.62. The van der Waals surface area contributed by atoms with Gasteiger partial charge >= 0.3 is 6.03 Å². The van der Waals surface area contributed by atoms with Crippen molar-refractivity contribution >= 4 is 33.5 Å². The molecular weight excluding hydrogens is 380 g/mol. The summed E-state index contributed by atoms with van der Waals surface area (Å²) in [6, 6.07) is 9.13. The number of aryl methyl sites for hydroxylation is 1. The van der Waals surface area contributed by atoms with Crippen molar-refractivity contribution in [3.63, 3.8) is 0 Å². The first kappa shape index (κ1) is 19.7. The second-order valence-corrected chi connectivity index (χ2v) is 7.08. The maximum atomic E-state index is 12.9. The van der Waals surface area contributed by atoms with Gasteiger partial charge in [0.15, 0.2) is 0 Å². The van der Waals surface area contributed by atoms with Crippen LogP contribution in [0.15, 0.2) is 41.5 Å². The number of fused-ring (bicyclic) bond motifs is 1. The lowest BCUT2D eigenvalue weighted by atomic mass is 10.1. The monoisotopic (exact) mass is 400 g/mol. The van der Waals surface area contributed by atoms with Crippen LogP contribution < -0.4 is 16.2 Å². The van der Waals surface area contributed by atoms with Gasteiger partial charge in [0.05, 0.1) is 18.3 Å². The first-order valence-corrected chi connectivity index (χ1v) is 9.43. The second kappa shape index (κ2) is 8.77. The molecule has 0 spiro atoms. The number of thiophene rings is 1. The Labute approximate surface area is 165 Å². The van der Waals surface area contributed by atoms with Crippen LogP contribution in [0.2, 0.25) is 0 Å². The zero-order valence-electron chi connectivity index (χ0n) is 15.5. The molecule has 0 unspecified atom stereocenters. The minimum Gasteiger partial charge on any atom is -0.383 e. The molecule has 3 amide bonds. The van der Waals surface area contributed by atoms with E-state index < -0.39 is 11.9 Å². The van der Waals surface area contributed by atoms with E-state index in [1.807, 2.05) is 37.3 Å². The third-order valence-corrected chi connectivity index (χ3v) is 5.36. The zero-order valence-corrected chi connectivity index (χ0v) is 16.3. The lowest BCUT2D eigenvalue weighted by molar-refractivity contribution is -0.120. The van der Waals surface area contributed by atoms with Crippen molar-refractivity contribution in [2.45, 2.75) is 13.5 Å². The van der Waals surface area contributed by atoms with Gasteiger partial charge in [-0.15, -0.1) is 11.3 Å². The van der Waals surface area contributed by atoms with Gasteiger partial charge in [-0.3, -0.25) is 19.5 Å². The van der Waals surface area contributed by atoms with Gasteiger partial charge in [-0.1, -0.05) is 30.3 Å². The Kier molecular flexibility index (Phi) is 6.17. The normalized spacial score (nSPS) is 10.8. The van der Waals surface area contributed by atoms with E-state index in [9.17, 15) is 14.4 Å². The SMILES string of the molecule is COCCNC(=O)NC(=O)Cn1cnc2sc(-c3ccccc3)c(C)c2c1=O. The van der Waals surface area contributed by atoms with Crippen LogP contribution in [0.1, 0.15) is 5.56 Å². The van der Waals surface area contributed by atoms with E-state index in [0.29, 0.717) is 16.8 Å². The lowest BCUT2D eigenvalue weighted by Gasteiger charge is -2.07. The van der Waals surface area contributed by atoms with E-state index in [1.54, 1.807) is 0 Å². The molecule has 3 rings (SSSR count). The van der Waals surface area contributed by atoms with Crippen molar-refractivity contribution in [2.75, 3.05) is 20.3 Å². The highest BCUT2D eigenvalue weighted by atomic mass is 32.1. The topological polar surface area (TPSA) is 102 Å². The molecule has 0 fully saturated rings. The molecule has 2 N–H and O–H groups in total. The minimum atomic E-state index is -0.637. The molecule has 0 aliphatic heterocycles. The number of hydrogen-bond acceptors (Lipinski definition) is 6. The summed E-state index contributed by atoms with van der Waals surface area (Å²) in [5.41, 5.74) is 1.53. The molecule has 146 valence electrons. The average Bonchev–Trinajstić information content (AvgIpc) is 3.02. The molecule has 0 saturated carbocycles. The van der Waals surface area contributed by atoms with E-state index in [-0.39, 0.29) is 18.6 Å². The largest absolute Gasteiger partial charge is 0.383 e. The number of urea groups is 1. The molecule has 1 aromatic carbocycles. The van der Waals surface area contributed by atoms with Gasteiger partial charge in [-0.05, 0) is 18.1 Å². The first-order chi connectivity index (χ1) is 13.5. The summed E-state index contributed by atoms with van der Waals surface area (Å²) in [6.07, 6.45) is 1.33. The van der Waals surface area contributed by atoms with Gasteiger partial charge in [-0.2, -0.15) is 0 Å². The van der Waals surface area contributed by atoms with Crippen LogP contribution in [0, 0.1) is 6.92 Å². The number of imide groups is 1. The predicted molar refractivity (Wildman–Crippen MR) is 107 cm³/mol. The van der Waals surface area contributed by atoms with Crippen molar-refractivity contribution in [2.24, 2.45) is 0 Å². The van der Waals surface area contributed by atoms with Crippen molar-refractivity contribution in [3.05, 3.63) is 52.6 Å². The van der Waals surface area contributed by atoms with Crippen LogP contribution in [0.5, 0.6) is 0 Å². The Morgan fingerprint density at radius 1 is 1.25 bits per heavy atom. The van der Waals surface area contributed by atoms with E-state index in [0.717, 1.165) is 16.0 Å². The molecule has 9 heteroatoms. The van der Waals surface area contributed by atoms with Crippen molar-refractivity contribution < 1.29 is 14.3 Å². The van der Waals surface area contributed by atoms with Crippen molar-refractivity contribution in [3.8, 4) is 10.4 Å². The predicted octanol–water partition coefficient (Wildman–Crippen LogP) is 1.91. The molecule has 3 aromatic rings. The Hall–Kier alpha value is -3.04. The molecule has 8 nitrogen and oxygen atoms in total. The van der Waals surface area contributed by atoms with Gasteiger partial charge in [0.25, 0.3) is 5.56 Å². The van der Waals surface area contributed by atoms with E-state index >= 15 is 0 Å². The Morgan fingerprint density at radius 2 is 2.00 bits per heavy atom. The molecule has 28 heavy (non-hydrogen) atoms. The van der Waals surface area contributed by atoms with Gasteiger partial charge in [0.2, 0.25) is 5.91 Å². The lowest BCUT2D eigenvalue weighted by Crippen LogP contribution is -2.43. The number of hydrogen-bond donors (Lipinski definition) is 2. The number of amides is 3. The molecular formula is C19H20N4O4S. The molecule has 0 saturated heterocycles. The van der Waals surface area contributed by atoms with Crippen molar-refractivity contribution in [1.29, 1.82) is 0 Å². The molecule has 0 radical (unpaired) electrons. The van der Waals surface area contributed by atoms with Crippen LogP contribution in [-0.2, 0) is 16.1 Å². The summed E-state index contributed by atoms with van der Waals surface area (Å²) in [5.74, 6) is -0.602. The van der Waals surface area contributed by atoms with Crippen LogP contribution in [0.25, 0.3) is 20.7 Å². The van der Waals surface area contributed by atoms with Crippen LogP contribution in [0.4, 0.5) is 4.79 Å². The van der Waals surface area contributed by atoms with Crippen molar-refractivity contribution in [1.82, 2.24) is 20.2 Å². The number of carbonyl (C=O) groups excluding carboxylic acids is 2. The third kappa shape index (κ3) is 4.26. The maximum absolute atomic E-state index is 12.9. The number of benzene rings is 1. The Balaban J connectivity index is 1.81. The molecule has 0 bridgehead atoms. The number of nitrogens with zero attached hydrogens (tertiary/aromatic N) is 2. The smallest absolute Gasteiger partial charge is 0.321 e. The highest BCUT2D eigenvalue weighted by molar-refractivity contribution is 7.22. The summed E-state index contributed by atoms with van der Waals surface area (Å²) in [7, 11) is 1.51. The molecule has 0 aliphatic carbocycles. The van der Waals surface area contributed by atoms with E-state index in [2.05, 4.69) is 15.6 Å². The quantitative estimate of drug-likeness (QED) is 0.616. The van der Waals surface area contributed by atoms with Gasteiger partial charge in [-0.25, -0.2) is 9.78 Å². The van der Waals surface area contributed by atoms with Gasteiger partial charge in [0, 0.05) is 18.5 Å². The zero-order chi connectivity index (χ0) is 20.1. The fraction of sp³-hybridized carbons (Fsp3) is 0.263. The summed E-state index contributed by atoms with van der Waals surface area (Å²) in [4.78, 5) is 42.5. The molecule has 0 atom stereocenters. The fourth-order valence-electron chi connectivity index (χ4n) is 2.77. The summed E-state index contributed by atoms with van der Waals surface area (Å²) in [6.45, 7) is 2.19. The minimum absolute atomic E-state index is 0.277. The average molecular weight is 400 g/mol. The van der Waals surface area contributed by atoms with E-state index in [1.165, 1.54) is 29.3 Å². The Morgan fingerprint density at radius 3 is 2.71 bits per heavy atom. The number of nitrogens with one attached hydrogen (secondary N) is 2. The third-order valence-electron chi connectivity index (χ3n) is 4.11. The van der Waals surface area contributed by atoms with E-state index in [4.69, 9.17) is 4.74 Å². The Bertz CT molecular complexity index is 1060.